The van der Waals surface area contributed by atoms with Crippen LogP contribution in [-0.2, 0) is 4.79 Å². The number of rotatable bonds is 7. The molecule has 5 nitrogen and oxygen atoms in total. The van der Waals surface area contributed by atoms with Gasteiger partial charge in [-0.2, -0.15) is 5.26 Å². The summed E-state index contributed by atoms with van der Waals surface area (Å²) in [4.78, 5) is 17.1. The summed E-state index contributed by atoms with van der Waals surface area (Å²) >= 11 is 0. The standard InChI is InChI=1S/C20H35FN4O/c1-6-17-8-7-9-25(17)19(26)18(13-22)16(3)15(2)12-20(4,5)23-10-11-24(21)14-23/h15-18H,6-12,14H2,1-5H3. The van der Waals surface area contributed by atoms with E-state index in [0.29, 0.717) is 13.2 Å². The van der Waals surface area contributed by atoms with Gasteiger partial charge in [0, 0.05) is 31.2 Å². The maximum absolute atomic E-state index is 13.4. The van der Waals surface area contributed by atoms with E-state index in [9.17, 15) is 14.5 Å². The van der Waals surface area contributed by atoms with Crippen molar-refractivity contribution in [2.24, 2.45) is 17.8 Å². The van der Waals surface area contributed by atoms with Crippen molar-refractivity contribution in [3.05, 3.63) is 0 Å². The zero-order valence-corrected chi connectivity index (χ0v) is 17.0. The molecular formula is C20H35FN4O. The van der Waals surface area contributed by atoms with Crippen molar-refractivity contribution >= 4 is 5.91 Å². The molecule has 1 amide bonds. The maximum Gasteiger partial charge on any atom is 0.240 e. The van der Waals surface area contributed by atoms with E-state index in [4.69, 9.17) is 0 Å². The molecule has 0 N–H and O–H groups in total. The van der Waals surface area contributed by atoms with Gasteiger partial charge in [-0.05, 0) is 51.4 Å². The van der Waals surface area contributed by atoms with Crippen LogP contribution in [0.1, 0.15) is 60.3 Å². The second-order valence-corrected chi connectivity index (χ2v) is 8.79. The van der Waals surface area contributed by atoms with Crippen molar-refractivity contribution in [3.8, 4) is 6.07 Å². The molecule has 0 aromatic rings. The summed E-state index contributed by atoms with van der Waals surface area (Å²) in [6, 6.07) is 2.58. The molecule has 2 rings (SSSR count). The van der Waals surface area contributed by atoms with Crippen LogP contribution in [0.2, 0.25) is 0 Å². The van der Waals surface area contributed by atoms with Gasteiger partial charge in [-0.3, -0.25) is 9.69 Å². The van der Waals surface area contributed by atoms with Gasteiger partial charge in [0.2, 0.25) is 5.91 Å². The van der Waals surface area contributed by atoms with Crippen molar-refractivity contribution in [2.45, 2.75) is 71.9 Å². The molecule has 4 atom stereocenters. The molecule has 0 bridgehead atoms. The minimum absolute atomic E-state index is 0.00473. The van der Waals surface area contributed by atoms with Crippen LogP contribution in [0.3, 0.4) is 0 Å². The highest BCUT2D eigenvalue weighted by molar-refractivity contribution is 5.82. The van der Waals surface area contributed by atoms with Crippen LogP contribution < -0.4 is 0 Å². The first-order chi connectivity index (χ1) is 12.2. The van der Waals surface area contributed by atoms with Crippen LogP contribution in [-0.4, -0.2) is 58.7 Å². The molecule has 0 aliphatic carbocycles. The molecule has 0 saturated carbocycles. The molecule has 2 fully saturated rings. The van der Waals surface area contributed by atoms with Gasteiger partial charge in [0.25, 0.3) is 0 Å². The second kappa shape index (κ2) is 8.67. The highest BCUT2D eigenvalue weighted by Gasteiger charge is 2.39. The number of carbonyl (C=O) groups is 1. The summed E-state index contributed by atoms with van der Waals surface area (Å²) in [7, 11) is 0. The third-order valence-electron chi connectivity index (χ3n) is 6.57. The summed E-state index contributed by atoms with van der Waals surface area (Å²) < 4.78 is 13.4. The Kier molecular flexibility index (Phi) is 7.04. The highest BCUT2D eigenvalue weighted by atomic mass is 19.2. The van der Waals surface area contributed by atoms with Crippen LogP contribution in [0.5, 0.6) is 0 Å². The fraction of sp³-hybridized carbons (Fsp3) is 0.900. The Bertz CT molecular complexity index is 532. The summed E-state index contributed by atoms with van der Waals surface area (Å²) in [5, 5.41) is 10.6. The molecule has 4 unspecified atom stereocenters. The monoisotopic (exact) mass is 366 g/mol. The zero-order valence-electron chi connectivity index (χ0n) is 17.0. The van der Waals surface area contributed by atoms with Crippen molar-refractivity contribution in [1.82, 2.24) is 14.9 Å². The molecule has 0 spiro atoms. The van der Waals surface area contributed by atoms with Crippen LogP contribution in [0.15, 0.2) is 0 Å². The molecule has 0 radical (unpaired) electrons. The number of amides is 1. The van der Waals surface area contributed by atoms with Crippen LogP contribution in [0, 0.1) is 29.1 Å². The Morgan fingerprint density at radius 2 is 2.00 bits per heavy atom. The number of hydrogen-bond acceptors (Lipinski definition) is 4. The summed E-state index contributed by atoms with van der Waals surface area (Å²) in [5.74, 6) is -0.404. The van der Waals surface area contributed by atoms with E-state index in [-0.39, 0.29) is 29.3 Å². The fourth-order valence-corrected chi connectivity index (χ4v) is 4.61. The van der Waals surface area contributed by atoms with Gasteiger partial charge < -0.3 is 4.90 Å². The first kappa shape index (κ1) is 21.1. The summed E-state index contributed by atoms with van der Waals surface area (Å²) in [5.41, 5.74) is -0.156. The molecule has 148 valence electrons. The van der Waals surface area contributed by atoms with E-state index in [2.05, 4.69) is 38.7 Å². The van der Waals surface area contributed by atoms with Gasteiger partial charge in [0.15, 0.2) is 0 Å². The molecule has 2 aliphatic rings. The first-order valence-electron chi connectivity index (χ1n) is 10.1. The Morgan fingerprint density at radius 3 is 2.54 bits per heavy atom. The van der Waals surface area contributed by atoms with Crippen molar-refractivity contribution < 1.29 is 9.28 Å². The van der Waals surface area contributed by atoms with Gasteiger partial charge in [-0.1, -0.05) is 20.8 Å². The topological polar surface area (TPSA) is 50.6 Å². The van der Waals surface area contributed by atoms with Crippen molar-refractivity contribution in [1.29, 1.82) is 5.26 Å². The highest BCUT2D eigenvalue weighted by Crippen LogP contribution is 2.34. The third-order valence-corrected chi connectivity index (χ3v) is 6.57. The van der Waals surface area contributed by atoms with Gasteiger partial charge in [0.1, 0.15) is 5.92 Å². The molecule has 26 heavy (non-hydrogen) atoms. The minimum Gasteiger partial charge on any atom is -0.339 e. The quantitative estimate of drug-likeness (QED) is 0.648. The van der Waals surface area contributed by atoms with Crippen LogP contribution >= 0.6 is 0 Å². The molecule has 2 saturated heterocycles. The average Bonchev–Trinajstić information content (AvgIpc) is 3.23. The lowest BCUT2D eigenvalue weighted by atomic mass is 9.77. The van der Waals surface area contributed by atoms with E-state index >= 15 is 0 Å². The normalized spacial score (nSPS) is 25.9. The first-order valence-corrected chi connectivity index (χ1v) is 10.1. The van der Waals surface area contributed by atoms with Crippen molar-refractivity contribution in [3.63, 3.8) is 0 Å². The SMILES string of the molecule is CCC1CCCN1C(=O)C(C#N)C(C)C(C)CC(C)(C)N1CCN(F)C1. The smallest absolute Gasteiger partial charge is 0.240 e. The number of likely N-dealkylation sites (tertiary alicyclic amines) is 1. The molecular weight excluding hydrogens is 331 g/mol. The lowest BCUT2D eigenvalue weighted by Crippen LogP contribution is -2.46. The molecule has 2 heterocycles. The summed E-state index contributed by atoms with van der Waals surface area (Å²) in [6.07, 6.45) is 3.88. The Morgan fingerprint density at radius 1 is 1.31 bits per heavy atom. The Hall–Kier alpha value is -1.19. The number of nitriles is 1. The lowest BCUT2D eigenvalue weighted by molar-refractivity contribution is -0.136. The largest absolute Gasteiger partial charge is 0.339 e. The van der Waals surface area contributed by atoms with Crippen LogP contribution in [0.25, 0.3) is 0 Å². The van der Waals surface area contributed by atoms with E-state index in [1.165, 1.54) is 0 Å². The third kappa shape index (κ3) is 4.55. The number of nitrogens with zero attached hydrogens (tertiary/aromatic N) is 4. The fourth-order valence-electron chi connectivity index (χ4n) is 4.61. The van der Waals surface area contributed by atoms with Gasteiger partial charge >= 0.3 is 0 Å². The van der Waals surface area contributed by atoms with Crippen LogP contribution in [0.4, 0.5) is 4.48 Å². The van der Waals surface area contributed by atoms with Gasteiger partial charge in [0.05, 0.1) is 12.7 Å². The number of halogens is 1. The molecule has 2 aliphatic heterocycles. The van der Waals surface area contributed by atoms with Gasteiger partial charge in [-0.25, -0.2) is 0 Å². The molecule has 0 aromatic heterocycles. The second-order valence-electron chi connectivity index (χ2n) is 8.79. The number of hydrogen-bond donors (Lipinski definition) is 0. The van der Waals surface area contributed by atoms with E-state index < -0.39 is 5.92 Å². The number of carbonyl (C=O) groups excluding carboxylic acids is 1. The zero-order chi connectivity index (χ0) is 19.5. The molecule has 6 heteroatoms. The minimum atomic E-state index is -0.593. The Labute approximate surface area is 158 Å². The van der Waals surface area contributed by atoms with Crippen molar-refractivity contribution in [2.75, 3.05) is 26.3 Å². The van der Waals surface area contributed by atoms with E-state index in [1.807, 2.05) is 11.8 Å². The predicted octanol–water partition coefficient (Wildman–Crippen LogP) is 3.43. The Balaban J connectivity index is 2.01. The summed E-state index contributed by atoms with van der Waals surface area (Å²) in [6.45, 7) is 12.8. The van der Waals surface area contributed by atoms with Gasteiger partial charge in [-0.15, -0.1) is 9.60 Å². The van der Waals surface area contributed by atoms with E-state index in [1.54, 1.807) is 0 Å². The predicted molar refractivity (Wildman–Crippen MR) is 101 cm³/mol. The average molecular weight is 367 g/mol. The van der Waals surface area contributed by atoms with E-state index in [0.717, 1.165) is 43.9 Å². The lowest BCUT2D eigenvalue weighted by Gasteiger charge is -2.39. The molecule has 0 aromatic carbocycles. The maximum atomic E-state index is 13.4.